The Morgan fingerprint density at radius 2 is 1.91 bits per heavy atom. The Hall–Kier alpha value is -1.20. The van der Waals surface area contributed by atoms with Crippen LogP contribution in [0.3, 0.4) is 0 Å². The molecule has 0 saturated carbocycles. The summed E-state index contributed by atoms with van der Waals surface area (Å²) >= 11 is 0. The Morgan fingerprint density at radius 3 is 2.43 bits per heavy atom. The van der Waals surface area contributed by atoms with Crippen molar-refractivity contribution in [3.8, 4) is 0 Å². The van der Waals surface area contributed by atoms with Gasteiger partial charge in [0.05, 0.1) is 38.6 Å². The van der Waals surface area contributed by atoms with Gasteiger partial charge in [-0.05, 0) is 45.8 Å². The first-order valence-electron chi connectivity index (χ1n) is 12.7. The molecule has 2 saturated heterocycles. The van der Waals surface area contributed by atoms with Gasteiger partial charge in [-0.25, -0.2) is 4.99 Å². The van der Waals surface area contributed by atoms with E-state index < -0.39 is 38.0 Å². The lowest BCUT2D eigenvalue weighted by Crippen LogP contribution is -2.53. The molecule has 0 aliphatic carbocycles. The maximum Gasteiger partial charge on any atom is 0.386 e. The van der Waals surface area contributed by atoms with E-state index in [9.17, 15) is 4.79 Å². The van der Waals surface area contributed by atoms with E-state index >= 15 is 0 Å². The SMILES string of the molecule is CCOC1=N[C@@H]2[C@H](O1)O[C@@H]([C@H](C)[C@@H](C[C@H]1COC(C)(C)O1)O[Si](C)(C)C(C)(C)C)[C@@]2(C)C(=O)OC. The summed E-state index contributed by atoms with van der Waals surface area (Å²) < 4.78 is 41.8. The van der Waals surface area contributed by atoms with Crippen LogP contribution in [0.4, 0.5) is 0 Å². The molecule has 35 heavy (non-hydrogen) atoms. The largest absolute Gasteiger partial charge is 0.468 e. The average Bonchev–Trinajstić information content (AvgIpc) is 3.38. The molecule has 0 N–H and O–H groups in total. The van der Waals surface area contributed by atoms with Gasteiger partial charge in [0.15, 0.2) is 14.1 Å². The van der Waals surface area contributed by atoms with Gasteiger partial charge in [-0.1, -0.05) is 27.7 Å². The Balaban J connectivity index is 1.92. The second-order valence-electron chi connectivity index (χ2n) is 12.1. The van der Waals surface area contributed by atoms with E-state index in [1.165, 1.54) is 7.11 Å². The predicted octanol–water partition coefficient (Wildman–Crippen LogP) is 4.25. The molecule has 2 fully saturated rings. The molecule has 0 bridgehead atoms. The predicted molar refractivity (Wildman–Crippen MR) is 133 cm³/mol. The number of methoxy groups -OCH3 is 1. The van der Waals surface area contributed by atoms with Gasteiger partial charge in [-0.15, -0.1) is 0 Å². The molecule has 3 rings (SSSR count). The Morgan fingerprint density at radius 1 is 1.26 bits per heavy atom. The third-order valence-electron chi connectivity index (χ3n) is 7.98. The number of hydrogen-bond donors (Lipinski definition) is 0. The summed E-state index contributed by atoms with van der Waals surface area (Å²) in [5.41, 5.74) is -1.07. The Kier molecular flexibility index (Phi) is 8.05. The van der Waals surface area contributed by atoms with Gasteiger partial charge in [-0.3, -0.25) is 4.79 Å². The van der Waals surface area contributed by atoms with Crippen molar-refractivity contribution in [1.82, 2.24) is 0 Å². The minimum Gasteiger partial charge on any atom is -0.468 e. The van der Waals surface area contributed by atoms with Crippen LogP contribution in [0.2, 0.25) is 18.1 Å². The van der Waals surface area contributed by atoms with E-state index in [2.05, 4.69) is 45.8 Å². The lowest BCUT2D eigenvalue weighted by molar-refractivity contribution is -0.163. The molecule has 0 spiro atoms. The molecule has 10 heteroatoms. The summed E-state index contributed by atoms with van der Waals surface area (Å²) in [6.07, 6.45) is -0.837. The van der Waals surface area contributed by atoms with Crippen molar-refractivity contribution in [3.05, 3.63) is 0 Å². The van der Waals surface area contributed by atoms with E-state index in [4.69, 9.17) is 32.8 Å². The van der Waals surface area contributed by atoms with E-state index in [1.807, 2.05) is 27.7 Å². The molecule has 3 aliphatic heterocycles. The summed E-state index contributed by atoms with van der Waals surface area (Å²) in [7, 11) is -0.778. The Labute approximate surface area is 211 Å². The molecule has 0 radical (unpaired) electrons. The van der Waals surface area contributed by atoms with Crippen LogP contribution in [0.5, 0.6) is 0 Å². The highest BCUT2D eigenvalue weighted by Gasteiger charge is 2.65. The molecule has 9 nitrogen and oxygen atoms in total. The summed E-state index contributed by atoms with van der Waals surface area (Å²) in [5.74, 6) is -1.20. The lowest BCUT2D eigenvalue weighted by atomic mass is 9.73. The normalized spacial score (nSPS) is 34.1. The van der Waals surface area contributed by atoms with Crippen LogP contribution in [0.15, 0.2) is 4.99 Å². The van der Waals surface area contributed by atoms with Gasteiger partial charge in [0.25, 0.3) is 0 Å². The summed E-state index contributed by atoms with van der Waals surface area (Å²) in [5, 5.41) is 0.00969. The van der Waals surface area contributed by atoms with E-state index in [0.29, 0.717) is 19.6 Å². The molecule has 3 aliphatic rings. The zero-order valence-electron chi connectivity index (χ0n) is 23.3. The van der Waals surface area contributed by atoms with Crippen LogP contribution >= 0.6 is 0 Å². The minimum absolute atomic E-state index is 0.00969. The molecule has 0 unspecified atom stereocenters. The highest BCUT2D eigenvalue weighted by atomic mass is 28.4. The summed E-state index contributed by atoms with van der Waals surface area (Å²) in [4.78, 5) is 17.8. The number of fused-ring (bicyclic) bond motifs is 1. The molecule has 202 valence electrons. The molecule has 0 aromatic heterocycles. The van der Waals surface area contributed by atoms with E-state index in [1.54, 1.807) is 0 Å². The van der Waals surface area contributed by atoms with Crippen LogP contribution < -0.4 is 0 Å². The standard InChI is InChI=1S/C25H45NO8Si/c1-12-29-22-26-18-20(32-22)31-19(25(18,8)21(27)28-9)15(2)17(34-35(10,11)23(3,4)5)13-16-14-30-24(6,7)33-16/h15-20H,12-14H2,1-11H3/t15-,16+,17-,18-,19+,20+,25+/m1/s1. The van der Waals surface area contributed by atoms with E-state index in [0.717, 1.165) is 0 Å². The first kappa shape index (κ1) is 28.4. The van der Waals surface area contributed by atoms with Crippen molar-refractivity contribution >= 4 is 20.4 Å². The van der Waals surface area contributed by atoms with Crippen LogP contribution in [-0.2, 0) is 37.6 Å². The first-order valence-corrected chi connectivity index (χ1v) is 15.6. The molecule has 0 amide bonds. The smallest absolute Gasteiger partial charge is 0.386 e. The van der Waals surface area contributed by atoms with E-state index in [-0.39, 0.29) is 35.2 Å². The summed E-state index contributed by atoms with van der Waals surface area (Å²) in [6, 6.07) is -0.567. The quantitative estimate of drug-likeness (QED) is 0.350. The fourth-order valence-electron chi connectivity index (χ4n) is 4.92. The Bertz CT molecular complexity index is 810. The second kappa shape index (κ2) is 9.93. The van der Waals surface area contributed by atoms with Crippen molar-refractivity contribution in [2.45, 2.75) is 116 Å². The van der Waals surface area contributed by atoms with Gasteiger partial charge in [0.1, 0.15) is 11.5 Å². The number of nitrogens with zero attached hydrogens (tertiary/aromatic N) is 1. The third kappa shape index (κ3) is 5.56. The van der Waals surface area contributed by atoms with Gasteiger partial charge in [0, 0.05) is 12.3 Å². The second-order valence-corrected chi connectivity index (χ2v) is 16.8. The third-order valence-corrected chi connectivity index (χ3v) is 12.5. The van der Waals surface area contributed by atoms with Crippen LogP contribution in [0, 0.1) is 11.3 Å². The summed E-state index contributed by atoms with van der Waals surface area (Å²) in [6.45, 7) is 21.6. The first-order chi connectivity index (χ1) is 16.1. The highest BCUT2D eigenvalue weighted by Crippen LogP contribution is 2.50. The van der Waals surface area contributed by atoms with Crippen LogP contribution in [-0.4, -0.2) is 77.1 Å². The molecule has 0 aromatic rings. The topological polar surface area (TPSA) is 94.0 Å². The fraction of sp³-hybridized carbons (Fsp3) is 0.920. The van der Waals surface area contributed by atoms with Crippen molar-refractivity contribution < 1.29 is 37.6 Å². The van der Waals surface area contributed by atoms with Gasteiger partial charge < -0.3 is 32.8 Å². The van der Waals surface area contributed by atoms with Gasteiger partial charge >= 0.3 is 12.1 Å². The highest BCUT2D eigenvalue weighted by molar-refractivity contribution is 6.74. The van der Waals surface area contributed by atoms with Crippen molar-refractivity contribution in [2.75, 3.05) is 20.3 Å². The zero-order valence-corrected chi connectivity index (χ0v) is 24.3. The molecule has 0 aromatic carbocycles. The fourth-order valence-corrected chi connectivity index (χ4v) is 6.34. The van der Waals surface area contributed by atoms with Crippen molar-refractivity contribution in [1.29, 1.82) is 0 Å². The number of ether oxygens (including phenoxy) is 6. The number of rotatable bonds is 8. The van der Waals surface area contributed by atoms with Crippen molar-refractivity contribution in [3.63, 3.8) is 0 Å². The number of hydrogen-bond acceptors (Lipinski definition) is 9. The number of esters is 1. The van der Waals surface area contributed by atoms with Gasteiger partial charge in [-0.2, -0.15) is 0 Å². The monoisotopic (exact) mass is 515 g/mol. The zero-order chi connectivity index (χ0) is 26.4. The lowest BCUT2D eigenvalue weighted by Gasteiger charge is -2.44. The average molecular weight is 516 g/mol. The molecular weight excluding hydrogens is 470 g/mol. The molecule has 7 atom stereocenters. The van der Waals surface area contributed by atoms with Crippen LogP contribution in [0.1, 0.15) is 61.8 Å². The number of carbonyl (C=O) groups excluding carboxylic acids is 1. The van der Waals surface area contributed by atoms with Crippen molar-refractivity contribution in [2.24, 2.45) is 16.3 Å². The molecule has 3 heterocycles. The maximum absolute atomic E-state index is 13.2. The number of aliphatic imine (C=N–C) groups is 1. The van der Waals surface area contributed by atoms with Crippen LogP contribution in [0.25, 0.3) is 0 Å². The van der Waals surface area contributed by atoms with Gasteiger partial charge in [0.2, 0.25) is 6.29 Å². The molecular formula is C25H45NO8Si. The minimum atomic E-state index is -2.17. The maximum atomic E-state index is 13.2. The number of carbonyl (C=O) groups is 1.